The molecule has 1 aromatic rings. The summed E-state index contributed by atoms with van der Waals surface area (Å²) in [5.74, 6) is 1.04. The molecular formula is C17H25N3O3. The van der Waals surface area contributed by atoms with E-state index in [1.807, 2.05) is 0 Å². The molecule has 0 bridgehead atoms. The number of urea groups is 1. The fourth-order valence-electron chi connectivity index (χ4n) is 2.84. The van der Waals surface area contributed by atoms with E-state index in [4.69, 9.17) is 4.74 Å². The van der Waals surface area contributed by atoms with Gasteiger partial charge in [-0.3, -0.25) is 4.79 Å². The van der Waals surface area contributed by atoms with Gasteiger partial charge in [0.05, 0.1) is 12.8 Å². The maximum absolute atomic E-state index is 12.2. The van der Waals surface area contributed by atoms with Crippen LogP contribution in [0.3, 0.4) is 0 Å². The zero-order valence-corrected chi connectivity index (χ0v) is 13.9. The number of benzene rings is 1. The van der Waals surface area contributed by atoms with Crippen LogP contribution in [0.5, 0.6) is 5.75 Å². The first-order valence-electron chi connectivity index (χ1n) is 8.01. The number of hydrogen-bond donors (Lipinski definition) is 3. The fourth-order valence-corrected chi connectivity index (χ4v) is 2.84. The average molecular weight is 319 g/mol. The molecular weight excluding hydrogens is 294 g/mol. The van der Waals surface area contributed by atoms with Gasteiger partial charge in [-0.25, -0.2) is 4.79 Å². The highest BCUT2D eigenvalue weighted by molar-refractivity contribution is 5.97. The molecule has 0 aliphatic heterocycles. The van der Waals surface area contributed by atoms with Gasteiger partial charge in [-0.05, 0) is 49.8 Å². The Bertz CT molecular complexity index is 566. The molecule has 0 atom stereocenters. The Morgan fingerprint density at radius 1 is 1.17 bits per heavy atom. The van der Waals surface area contributed by atoms with E-state index in [0.717, 1.165) is 31.6 Å². The van der Waals surface area contributed by atoms with Crippen LogP contribution in [-0.2, 0) is 0 Å². The molecule has 0 heterocycles. The van der Waals surface area contributed by atoms with Crippen molar-refractivity contribution in [3.63, 3.8) is 0 Å². The van der Waals surface area contributed by atoms with E-state index in [0.29, 0.717) is 17.0 Å². The number of rotatable bonds is 4. The van der Waals surface area contributed by atoms with Crippen LogP contribution < -0.4 is 20.7 Å². The van der Waals surface area contributed by atoms with Crippen molar-refractivity contribution >= 4 is 17.6 Å². The normalized spacial score (nSPS) is 20.5. The maximum Gasteiger partial charge on any atom is 0.319 e. The Kier molecular flexibility index (Phi) is 5.84. The summed E-state index contributed by atoms with van der Waals surface area (Å²) in [6.45, 7) is 2.24. The summed E-state index contributed by atoms with van der Waals surface area (Å²) in [7, 11) is 3.09. The molecule has 1 aliphatic carbocycles. The van der Waals surface area contributed by atoms with E-state index in [-0.39, 0.29) is 18.0 Å². The van der Waals surface area contributed by atoms with Gasteiger partial charge in [-0.15, -0.1) is 0 Å². The first-order chi connectivity index (χ1) is 11.0. The van der Waals surface area contributed by atoms with Crippen molar-refractivity contribution in [1.82, 2.24) is 10.6 Å². The van der Waals surface area contributed by atoms with E-state index in [1.54, 1.807) is 25.2 Å². The monoisotopic (exact) mass is 319 g/mol. The van der Waals surface area contributed by atoms with Gasteiger partial charge in [-0.1, -0.05) is 6.92 Å². The van der Waals surface area contributed by atoms with Crippen molar-refractivity contribution in [1.29, 1.82) is 0 Å². The number of nitrogens with one attached hydrogen (secondary N) is 3. The highest BCUT2D eigenvalue weighted by Gasteiger charge is 2.20. The Hall–Kier alpha value is -2.24. The SMILES string of the molecule is CNC(=O)c1ccc(OC)c(NC(=O)NC2CCC(C)CC2)c1. The molecule has 1 aromatic carbocycles. The number of carbonyl (C=O) groups is 2. The minimum atomic E-state index is -0.267. The second-order valence-corrected chi connectivity index (χ2v) is 6.05. The first kappa shape index (κ1) is 17.1. The molecule has 3 amide bonds. The quantitative estimate of drug-likeness (QED) is 0.798. The van der Waals surface area contributed by atoms with Crippen LogP contribution >= 0.6 is 0 Å². The molecule has 3 N–H and O–H groups in total. The Labute approximate surface area is 137 Å². The molecule has 1 saturated carbocycles. The third-order valence-corrected chi connectivity index (χ3v) is 4.29. The van der Waals surface area contributed by atoms with Crippen LogP contribution in [-0.4, -0.2) is 32.1 Å². The minimum Gasteiger partial charge on any atom is -0.495 e. The Morgan fingerprint density at radius 3 is 2.48 bits per heavy atom. The van der Waals surface area contributed by atoms with Gasteiger partial charge in [0.15, 0.2) is 0 Å². The van der Waals surface area contributed by atoms with E-state index >= 15 is 0 Å². The number of ether oxygens (including phenoxy) is 1. The molecule has 6 heteroatoms. The number of hydrogen-bond acceptors (Lipinski definition) is 3. The summed E-state index contributed by atoms with van der Waals surface area (Å²) >= 11 is 0. The molecule has 126 valence electrons. The van der Waals surface area contributed by atoms with Gasteiger partial charge >= 0.3 is 6.03 Å². The summed E-state index contributed by atoms with van der Waals surface area (Å²) in [6, 6.07) is 4.88. The first-order valence-corrected chi connectivity index (χ1v) is 8.01. The predicted molar refractivity (Wildman–Crippen MR) is 90.0 cm³/mol. The third kappa shape index (κ3) is 4.61. The van der Waals surface area contributed by atoms with Crippen molar-refractivity contribution in [2.45, 2.75) is 38.6 Å². The lowest BCUT2D eigenvalue weighted by Gasteiger charge is -2.27. The van der Waals surface area contributed by atoms with Crippen LogP contribution in [0.1, 0.15) is 43.0 Å². The number of amides is 3. The second kappa shape index (κ2) is 7.85. The third-order valence-electron chi connectivity index (χ3n) is 4.29. The van der Waals surface area contributed by atoms with Crippen molar-refractivity contribution in [3.05, 3.63) is 23.8 Å². The topological polar surface area (TPSA) is 79.5 Å². The van der Waals surface area contributed by atoms with Gasteiger partial charge < -0.3 is 20.7 Å². The van der Waals surface area contributed by atoms with E-state index in [2.05, 4.69) is 22.9 Å². The second-order valence-electron chi connectivity index (χ2n) is 6.05. The highest BCUT2D eigenvalue weighted by atomic mass is 16.5. The summed E-state index contributed by atoms with van der Waals surface area (Å²) < 4.78 is 5.24. The van der Waals surface area contributed by atoms with Crippen LogP contribution in [0.25, 0.3) is 0 Å². The molecule has 23 heavy (non-hydrogen) atoms. The summed E-state index contributed by atoms with van der Waals surface area (Å²) in [4.78, 5) is 23.9. The zero-order chi connectivity index (χ0) is 16.8. The van der Waals surface area contributed by atoms with E-state index in [1.165, 1.54) is 7.11 Å². The molecule has 0 saturated heterocycles. The van der Waals surface area contributed by atoms with Crippen LogP contribution in [0, 0.1) is 5.92 Å². The maximum atomic E-state index is 12.2. The largest absolute Gasteiger partial charge is 0.495 e. The predicted octanol–water partition coefficient (Wildman–Crippen LogP) is 2.76. The van der Waals surface area contributed by atoms with Gasteiger partial charge in [0.25, 0.3) is 5.91 Å². The van der Waals surface area contributed by atoms with Crippen molar-refractivity contribution in [2.75, 3.05) is 19.5 Å². The fraction of sp³-hybridized carbons (Fsp3) is 0.529. The van der Waals surface area contributed by atoms with Gasteiger partial charge in [0.2, 0.25) is 0 Å². The molecule has 6 nitrogen and oxygen atoms in total. The van der Waals surface area contributed by atoms with E-state index in [9.17, 15) is 9.59 Å². The number of anilines is 1. The summed E-state index contributed by atoms with van der Waals surface area (Å²) in [6.07, 6.45) is 4.29. The smallest absolute Gasteiger partial charge is 0.319 e. The Balaban J connectivity index is 2.02. The van der Waals surface area contributed by atoms with Crippen molar-refractivity contribution in [3.8, 4) is 5.75 Å². The van der Waals surface area contributed by atoms with Gasteiger partial charge in [-0.2, -0.15) is 0 Å². The van der Waals surface area contributed by atoms with Crippen LogP contribution in [0.4, 0.5) is 10.5 Å². The molecule has 2 rings (SSSR count). The molecule has 1 aliphatic rings. The van der Waals surface area contributed by atoms with Gasteiger partial charge in [0.1, 0.15) is 5.75 Å². The van der Waals surface area contributed by atoms with Gasteiger partial charge in [0, 0.05) is 18.7 Å². The summed E-state index contributed by atoms with van der Waals surface area (Å²) in [5, 5.41) is 8.34. The van der Waals surface area contributed by atoms with E-state index < -0.39 is 0 Å². The Morgan fingerprint density at radius 2 is 1.87 bits per heavy atom. The standard InChI is InChI=1S/C17H25N3O3/c1-11-4-7-13(8-5-11)19-17(22)20-14-10-12(16(21)18-2)6-9-15(14)23-3/h6,9-11,13H,4-5,7-8H2,1-3H3,(H,18,21)(H2,19,20,22). The highest BCUT2D eigenvalue weighted by Crippen LogP contribution is 2.26. The lowest BCUT2D eigenvalue weighted by Crippen LogP contribution is -2.40. The number of carbonyl (C=O) groups excluding carboxylic acids is 2. The molecule has 1 fully saturated rings. The molecule has 0 radical (unpaired) electrons. The summed E-state index contributed by atoms with van der Waals surface area (Å²) in [5.41, 5.74) is 0.949. The zero-order valence-electron chi connectivity index (χ0n) is 13.9. The molecule has 0 aromatic heterocycles. The van der Waals surface area contributed by atoms with Crippen LogP contribution in [0.15, 0.2) is 18.2 Å². The minimum absolute atomic E-state index is 0.208. The molecule has 0 unspecified atom stereocenters. The average Bonchev–Trinajstić information content (AvgIpc) is 2.56. The molecule has 0 spiro atoms. The van der Waals surface area contributed by atoms with Crippen molar-refractivity contribution < 1.29 is 14.3 Å². The van der Waals surface area contributed by atoms with Crippen molar-refractivity contribution in [2.24, 2.45) is 5.92 Å². The van der Waals surface area contributed by atoms with Crippen LogP contribution in [0.2, 0.25) is 0 Å². The lowest BCUT2D eigenvalue weighted by molar-refractivity contribution is 0.0963. The number of methoxy groups -OCH3 is 1. The lowest BCUT2D eigenvalue weighted by atomic mass is 9.87.